The number of aromatic nitrogens is 2. The number of nitrogens with zero attached hydrogens (tertiary/aromatic N) is 2. The van der Waals surface area contributed by atoms with Crippen molar-refractivity contribution in [3.63, 3.8) is 0 Å². The summed E-state index contributed by atoms with van der Waals surface area (Å²) in [5, 5.41) is 7.82. The molecule has 2 N–H and O–H groups in total. The molecule has 1 fully saturated rings. The van der Waals surface area contributed by atoms with Crippen LogP contribution in [0, 0.1) is 13.8 Å². The third-order valence-electron chi connectivity index (χ3n) is 3.86. The number of aryl methyl sites for hydroxylation is 1. The van der Waals surface area contributed by atoms with Crippen LogP contribution in [0.5, 0.6) is 0 Å². The Morgan fingerprint density at radius 2 is 1.95 bits per heavy atom. The fourth-order valence-electron chi connectivity index (χ4n) is 2.66. The zero-order valence-corrected chi connectivity index (χ0v) is 13.8. The highest BCUT2D eigenvalue weighted by Gasteiger charge is 2.24. The van der Waals surface area contributed by atoms with Crippen LogP contribution < -0.4 is 10.6 Å². The van der Waals surface area contributed by atoms with Crippen molar-refractivity contribution in [3.8, 4) is 0 Å². The van der Waals surface area contributed by atoms with E-state index in [0.29, 0.717) is 6.04 Å². The van der Waals surface area contributed by atoms with Gasteiger partial charge in [-0.25, -0.2) is 9.97 Å². The Labute approximate surface area is 126 Å². The number of nitrogens with one attached hydrogen (secondary N) is 2. The average molecular weight is 294 g/mol. The number of hydrogen-bond acceptors (Lipinski definition) is 5. The maximum absolute atomic E-state index is 4.59. The predicted octanol–water partition coefficient (Wildman–Crippen LogP) is 3.61. The Kier molecular flexibility index (Phi) is 5.52. The van der Waals surface area contributed by atoms with Gasteiger partial charge in [-0.05, 0) is 45.8 Å². The minimum atomic E-state index is 0.555. The standard InChI is InChI=1S/C15H26N4S/c1-5-8-16-14-10(2)15(18-11(3)17-14)19-12-6-7-13(9-12)20-4/h12-13H,5-9H2,1-4H3,(H2,16,17,18,19). The van der Waals surface area contributed by atoms with Gasteiger partial charge in [0.05, 0.1) is 0 Å². The second kappa shape index (κ2) is 7.16. The van der Waals surface area contributed by atoms with E-state index in [4.69, 9.17) is 0 Å². The van der Waals surface area contributed by atoms with E-state index in [1.807, 2.05) is 18.7 Å². The SMILES string of the molecule is CCCNc1nc(C)nc(NC2CCC(SC)C2)c1C. The molecule has 1 heterocycles. The smallest absolute Gasteiger partial charge is 0.134 e. The third-order valence-corrected chi connectivity index (χ3v) is 4.95. The van der Waals surface area contributed by atoms with Gasteiger partial charge >= 0.3 is 0 Å². The van der Waals surface area contributed by atoms with E-state index < -0.39 is 0 Å². The van der Waals surface area contributed by atoms with Gasteiger partial charge in [-0.1, -0.05) is 6.92 Å². The van der Waals surface area contributed by atoms with Crippen molar-refractivity contribution in [2.24, 2.45) is 0 Å². The third kappa shape index (κ3) is 3.78. The Morgan fingerprint density at radius 1 is 1.20 bits per heavy atom. The first kappa shape index (κ1) is 15.4. The molecule has 2 atom stereocenters. The summed E-state index contributed by atoms with van der Waals surface area (Å²) in [5.74, 6) is 2.81. The molecule has 1 aromatic rings. The van der Waals surface area contributed by atoms with Gasteiger partial charge in [-0.3, -0.25) is 0 Å². The molecule has 0 bridgehead atoms. The normalized spacial score (nSPS) is 22.0. The van der Waals surface area contributed by atoms with Crippen molar-refractivity contribution >= 4 is 23.4 Å². The molecule has 0 saturated heterocycles. The molecule has 5 heteroatoms. The summed E-state index contributed by atoms with van der Waals surface area (Å²) in [6.07, 6.45) is 7.10. The highest BCUT2D eigenvalue weighted by molar-refractivity contribution is 7.99. The topological polar surface area (TPSA) is 49.8 Å². The van der Waals surface area contributed by atoms with Crippen LogP contribution in [0.25, 0.3) is 0 Å². The largest absolute Gasteiger partial charge is 0.370 e. The first-order valence-electron chi connectivity index (χ1n) is 7.52. The van der Waals surface area contributed by atoms with Crippen molar-refractivity contribution in [2.45, 2.75) is 57.7 Å². The second-order valence-corrected chi connectivity index (χ2v) is 6.67. The molecule has 0 spiro atoms. The molecule has 20 heavy (non-hydrogen) atoms. The van der Waals surface area contributed by atoms with E-state index in [9.17, 15) is 0 Å². The van der Waals surface area contributed by atoms with Crippen LogP contribution in [0.4, 0.5) is 11.6 Å². The fraction of sp³-hybridized carbons (Fsp3) is 0.733. The molecule has 0 aromatic carbocycles. The summed E-state index contributed by atoms with van der Waals surface area (Å²) in [4.78, 5) is 9.10. The summed E-state index contributed by atoms with van der Waals surface area (Å²) in [6.45, 7) is 7.17. The second-order valence-electron chi connectivity index (χ2n) is 5.53. The van der Waals surface area contributed by atoms with E-state index in [2.05, 4.69) is 40.7 Å². The monoisotopic (exact) mass is 294 g/mol. The molecule has 1 aliphatic carbocycles. The fourth-order valence-corrected chi connectivity index (χ4v) is 3.46. The van der Waals surface area contributed by atoms with Gasteiger partial charge in [0, 0.05) is 23.4 Å². The summed E-state index contributed by atoms with van der Waals surface area (Å²) < 4.78 is 0. The maximum atomic E-state index is 4.59. The van der Waals surface area contributed by atoms with Crippen LogP contribution in [-0.4, -0.2) is 34.1 Å². The van der Waals surface area contributed by atoms with Gasteiger partial charge in [-0.15, -0.1) is 0 Å². The van der Waals surface area contributed by atoms with Crippen molar-refractivity contribution in [3.05, 3.63) is 11.4 Å². The Hall–Kier alpha value is -0.970. The van der Waals surface area contributed by atoms with Crippen molar-refractivity contribution < 1.29 is 0 Å². The minimum absolute atomic E-state index is 0.555. The highest BCUT2D eigenvalue weighted by atomic mass is 32.2. The summed E-state index contributed by atoms with van der Waals surface area (Å²) in [5.41, 5.74) is 1.14. The molecule has 0 amide bonds. The van der Waals surface area contributed by atoms with Crippen LogP contribution in [0.3, 0.4) is 0 Å². The molecule has 4 nitrogen and oxygen atoms in total. The Balaban J connectivity index is 2.09. The van der Waals surface area contributed by atoms with Crippen molar-refractivity contribution in [2.75, 3.05) is 23.4 Å². The number of thioether (sulfide) groups is 1. The molecule has 0 radical (unpaired) electrons. The summed E-state index contributed by atoms with van der Waals surface area (Å²) in [7, 11) is 0. The molecule has 1 aliphatic rings. The van der Waals surface area contributed by atoms with Crippen LogP contribution >= 0.6 is 11.8 Å². The highest BCUT2D eigenvalue weighted by Crippen LogP contribution is 2.31. The van der Waals surface area contributed by atoms with E-state index in [0.717, 1.165) is 41.2 Å². The van der Waals surface area contributed by atoms with Crippen molar-refractivity contribution in [1.29, 1.82) is 0 Å². The molecule has 2 rings (SSSR count). The molecule has 1 aromatic heterocycles. The van der Waals surface area contributed by atoms with Gasteiger partial charge in [0.1, 0.15) is 17.5 Å². The maximum Gasteiger partial charge on any atom is 0.134 e. The number of anilines is 2. The lowest BCUT2D eigenvalue weighted by Crippen LogP contribution is -2.19. The predicted molar refractivity (Wildman–Crippen MR) is 88.9 cm³/mol. The minimum Gasteiger partial charge on any atom is -0.370 e. The van der Waals surface area contributed by atoms with E-state index in [1.165, 1.54) is 19.3 Å². The first-order valence-corrected chi connectivity index (χ1v) is 8.81. The van der Waals surface area contributed by atoms with Gasteiger partial charge in [0.2, 0.25) is 0 Å². The van der Waals surface area contributed by atoms with E-state index in [1.54, 1.807) is 0 Å². The van der Waals surface area contributed by atoms with Crippen LogP contribution in [-0.2, 0) is 0 Å². The molecule has 0 aliphatic heterocycles. The quantitative estimate of drug-likeness (QED) is 0.839. The van der Waals surface area contributed by atoms with Gasteiger partial charge in [-0.2, -0.15) is 11.8 Å². The van der Waals surface area contributed by atoms with Gasteiger partial charge in [0.25, 0.3) is 0 Å². The van der Waals surface area contributed by atoms with Crippen LogP contribution in [0.2, 0.25) is 0 Å². The van der Waals surface area contributed by atoms with Gasteiger partial charge in [0.15, 0.2) is 0 Å². The zero-order valence-electron chi connectivity index (χ0n) is 13.0. The molecule has 2 unspecified atom stereocenters. The number of hydrogen-bond donors (Lipinski definition) is 2. The average Bonchev–Trinajstić information content (AvgIpc) is 2.88. The molecular weight excluding hydrogens is 268 g/mol. The first-order chi connectivity index (χ1) is 9.63. The molecular formula is C15H26N4S. The molecule has 1 saturated carbocycles. The Morgan fingerprint density at radius 3 is 2.60 bits per heavy atom. The lowest BCUT2D eigenvalue weighted by molar-refractivity contribution is 0.748. The van der Waals surface area contributed by atoms with Crippen molar-refractivity contribution in [1.82, 2.24) is 9.97 Å². The number of rotatable bonds is 6. The van der Waals surface area contributed by atoms with Gasteiger partial charge < -0.3 is 10.6 Å². The lowest BCUT2D eigenvalue weighted by Gasteiger charge is -2.18. The molecule has 112 valence electrons. The lowest BCUT2D eigenvalue weighted by atomic mass is 10.2. The Bertz CT molecular complexity index is 450. The van der Waals surface area contributed by atoms with Crippen LogP contribution in [0.15, 0.2) is 0 Å². The van der Waals surface area contributed by atoms with E-state index in [-0.39, 0.29) is 0 Å². The summed E-state index contributed by atoms with van der Waals surface area (Å²) >= 11 is 1.98. The summed E-state index contributed by atoms with van der Waals surface area (Å²) in [6, 6.07) is 0.555. The van der Waals surface area contributed by atoms with Crippen LogP contribution in [0.1, 0.15) is 44.0 Å². The van der Waals surface area contributed by atoms with E-state index >= 15 is 0 Å². The zero-order chi connectivity index (χ0) is 14.5.